The summed E-state index contributed by atoms with van der Waals surface area (Å²) < 4.78 is 1.04. The third kappa shape index (κ3) is 3.23. The van der Waals surface area contributed by atoms with Gasteiger partial charge in [-0.15, -0.1) is 0 Å². The topological polar surface area (TPSA) is 42.0 Å². The Bertz CT molecular complexity index is 810. The number of hydrogen-bond acceptors (Lipinski definition) is 4. The number of carbonyl (C=O) groups excluding carboxylic acids is 1. The van der Waals surface area contributed by atoms with Crippen LogP contribution in [0.4, 0.5) is 5.00 Å². The van der Waals surface area contributed by atoms with Crippen molar-refractivity contribution >= 4 is 34.0 Å². The van der Waals surface area contributed by atoms with E-state index in [1.54, 1.807) is 23.1 Å². The molecular weight excluding hydrogens is 372 g/mol. The Labute approximate surface area is 169 Å². The maximum atomic E-state index is 13.5. The minimum Gasteiger partial charge on any atom is -0.315 e. The van der Waals surface area contributed by atoms with Gasteiger partial charge < -0.3 is 5.32 Å². The molecule has 3 nitrogen and oxygen atoms in total. The van der Waals surface area contributed by atoms with E-state index in [1.165, 1.54) is 19.3 Å². The van der Waals surface area contributed by atoms with Crippen molar-refractivity contribution in [1.82, 2.24) is 4.98 Å². The summed E-state index contributed by atoms with van der Waals surface area (Å²) in [5.41, 5.74) is 1.89. The molecule has 1 amide bonds. The number of nitrogens with zero attached hydrogens (tertiary/aromatic N) is 1. The lowest BCUT2D eigenvalue weighted by Crippen LogP contribution is -2.51. The second-order valence-electron chi connectivity index (χ2n) is 8.61. The molecule has 4 fully saturated rings. The zero-order valence-electron chi connectivity index (χ0n) is 15.7. The first-order valence-corrected chi connectivity index (χ1v) is 12.0. The molecule has 0 spiro atoms. The predicted octanol–water partition coefficient (Wildman–Crippen LogP) is 6.08. The number of anilines is 1. The molecule has 0 atom stereocenters. The Morgan fingerprint density at radius 1 is 1.15 bits per heavy atom. The second kappa shape index (κ2) is 6.93. The van der Waals surface area contributed by atoms with Crippen LogP contribution in [0.3, 0.4) is 0 Å². The largest absolute Gasteiger partial charge is 0.315 e. The van der Waals surface area contributed by atoms with Crippen LogP contribution in [0.1, 0.15) is 45.4 Å². The second-order valence-corrected chi connectivity index (χ2v) is 11.1. The first-order valence-electron chi connectivity index (χ1n) is 10.2. The molecule has 4 bridgehead atoms. The molecule has 6 rings (SSSR count). The molecule has 5 heteroatoms. The number of carbonyl (C=O) groups is 1. The van der Waals surface area contributed by atoms with Gasteiger partial charge in [0.25, 0.3) is 0 Å². The normalized spacial score (nSPS) is 31.2. The molecule has 1 aromatic heterocycles. The van der Waals surface area contributed by atoms with Gasteiger partial charge in [-0.2, -0.15) is 0 Å². The van der Waals surface area contributed by atoms with Crippen molar-refractivity contribution in [3.05, 3.63) is 30.3 Å². The molecular formula is C22H26N2OS2. The van der Waals surface area contributed by atoms with Crippen molar-refractivity contribution in [3.63, 3.8) is 0 Å². The van der Waals surface area contributed by atoms with Crippen LogP contribution in [0.2, 0.25) is 0 Å². The van der Waals surface area contributed by atoms with Crippen LogP contribution < -0.4 is 5.32 Å². The average molecular weight is 399 g/mol. The highest BCUT2D eigenvalue weighted by Gasteiger charge is 2.54. The Hall–Kier alpha value is -1.33. The van der Waals surface area contributed by atoms with Gasteiger partial charge in [0.15, 0.2) is 4.34 Å². The Kier molecular flexibility index (Phi) is 4.55. The molecule has 27 heavy (non-hydrogen) atoms. The van der Waals surface area contributed by atoms with E-state index in [2.05, 4.69) is 24.4 Å². The smallest absolute Gasteiger partial charge is 0.231 e. The van der Waals surface area contributed by atoms with Crippen molar-refractivity contribution in [1.29, 1.82) is 0 Å². The van der Waals surface area contributed by atoms with Gasteiger partial charge in [0, 0.05) is 5.56 Å². The van der Waals surface area contributed by atoms with Crippen molar-refractivity contribution in [2.75, 3.05) is 11.1 Å². The van der Waals surface area contributed by atoms with Crippen molar-refractivity contribution in [2.45, 2.75) is 49.8 Å². The molecule has 4 saturated carbocycles. The van der Waals surface area contributed by atoms with Gasteiger partial charge >= 0.3 is 0 Å². The fraction of sp³-hybridized carbons (Fsp3) is 0.545. The van der Waals surface area contributed by atoms with Gasteiger partial charge in [0.1, 0.15) is 10.7 Å². The maximum Gasteiger partial charge on any atom is 0.231 e. The van der Waals surface area contributed by atoms with Crippen molar-refractivity contribution in [3.8, 4) is 11.3 Å². The van der Waals surface area contributed by atoms with E-state index < -0.39 is 0 Å². The zero-order chi connectivity index (χ0) is 18.4. The fourth-order valence-corrected chi connectivity index (χ4v) is 7.94. The molecule has 142 valence electrons. The molecule has 4 aliphatic rings. The van der Waals surface area contributed by atoms with Gasteiger partial charge in [0.2, 0.25) is 5.91 Å². The highest BCUT2D eigenvalue weighted by Crippen LogP contribution is 2.60. The van der Waals surface area contributed by atoms with Gasteiger partial charge in [-0.05, 0) is 62.0 Å². The number of hydrogen-bond donors (Lipinski definition) is 1. The van der Waals surface area contributed by atoms with Gasteiger partial charge in [-0.3, -0.25) is 4.79 Å². The average Bonchev–Trinajstić information content (AvgIpc) is 3.04. The predicted molar refractivity (Wildman–Crippen MR) is 113 cm³/mol. The Balaban J connectivity index is 1.44. The number of thiazole rings is 1. The SMILES string of the molecule is CCSc1nc(-c2ccccc2)c(NC(=O)C23CC4CC(CC(C4)C2)C3)s1. The van der Waals surface area contributed by atoms with Crippen LogP contribution in [-0.4, -0.2) is 16.6 Å². The summed E-state index contributed by atoms with van der Waals surface area (Å²) in [6.07, 6.45) is 7.38. The lowest BCUT2D eigenvalue weighted by molar-refractivity contribution is -0.140. The van der Waals surface area contributed by atoms with E-state index in [0.29, 0.717) is 0 Å². The summed E-state index contributed by atoms with van der Waals surface area (Å²) in [6, 6.07) is 10.2. The monoisotopic (exact) mass is 398 g/mol. The fourth-order valence-electron chi connectivity index (χ4n) is 5.99. The number of rotatable bonds is 5. The molecule has 4 aliphatic carbocycles. The molecule has 0 aliphatic heterocycles. The van der Waals surface area contributed by atoms with Crippen LogP contribution in [0.15, 0.2) is 34.7 Å². The van der Waals surface area contributed by atoms with Crippen molar-refractivity contribution < 1.29 is 4.79 Å². The van der Waals surface area contributed by atoms with E-state index in [0.717, 1.165) is 63.4 Å². The third-order valence-corrected chi connectivity index (χ3v) is 8.67. The lowest BCUT2D eigenvalue weighted by atomic mass is 9.49. The highest BCUT2D eigenvalue weighted by atomic mass is 32.2. The van der Waals surface area contributed by atoms with E-state index >= 15 is 0 Å². The molecule has 1 N–H and O–H groups in total. The number of amides is 1. The summed E-state index contributed by atoms with van der Waals surface area (Å²) >= 11 is 3.38. The molecule has 0 radical (unpaired) electrons. The minimum absolute atomic E-state index is 0.120. The molecule has 0 saturated heterocycles. The standard InChI is InChI=1S/C22H26N2OS2/c1-2-26-21-23-18(17-6-4-3-5-7-17)19(27-21)24-20(25)22-11-14-8-15(12-22)10-16(9-14)13-22/h3-7,14-16H,2,8-13H2,1H3,(H,24,25). The number of benzene rings is 1. The van der Waals surface area contributed by atoms with Gasteiger partial charge in [-0.1, -0.05) is 60.4 Å². The highest BCUT2D eigenvalue weighted by molar-refractivity contribution is 8.01. The van der Waals surface area contributed by atoms with E-state index in [1.807, 2.05) is 18.2 Å². The summed E-state index contributed by atoms with van der Waals surface area (Å²) in [5, 5.41) is 4.28. The quantitative estimate of drug-likeness (QED) is 0.621. The molecule has 2 aromatic rings. The van der Waals surface area contributed by atoms with Crippen LogP contribution in [0, 0.1) is 23.2 Å². The first-order chi connectivity index (χ1) is 13.1. The van der Waals surface area contributed by atoms with Gasteiger partial charge in [0.05, 0.1) is 5.41 Å². The summed E-state index contributed by atoms with van der Waals surface area (Å²) in [5.74, 6) is 3.59. The number of aromatic nitrogens is 1. The molecule has 1 heterocycles. The zero-order valence-corrected chi connectivity index (χ0v) is 17.4. The number of thioether (sulfide) groups is 1. The Morgan fingerprint density at radius 2 is 1.78 bits per heavy atom. The van der Waals surface area contributed by atoms with Gasteiger partial charge in [-0.25, -0.2) is 4.98 Å². The minimum atomic E-state index is -0.120. The summed E-state index contributed by atoms with van der Waals surface area (Å²) in [7, 11) is 0. The lowest BCUT2D eigenvalue weighted by Gasteiger charge is -2.55. The molecule has 0 unspecified atom stereocenters. The van der Waals surface area contributed by atoms with Crippen LogP contribution >= 0.6 is 23.1 Å². The van der Waals surface area contributed by atoms with Crippen LogP contribution in [-0.2, 0) is 4.79 Å². The van der Waals surface area contributed by atoms with Crippen molar-refractivity contribution in [2.24, 2.45) is 23.2 Å². The summed E-state index contributed by atoms with van der Waals surface area (Å²) in [4.78, 5) is 18.3. The third-order valence-electron chi connectivity index (χ3n) is 6.67. The van der Waals surface area contributed by atoms with Crippen LogP contribution in [0.5, 0.6) is 0 Å². The number of nitrogens with one attached hydrogen (secondary N) is 1. The van der Waals surface area contributed by atoms with E-state index in [4.69, 9.17) is 4.98 Å². The van der Waals surface area contributed by atoms with Crippen LogP contribution in [0.25, 0.3) is 11.3 Å². The maximum absolute atomic E-state index is 13.5. The van der Waals surface area contributed by atoms with E-state index in [-0.39, 0.29) is 11.3 Å². The Morgan fingerprint density at radius 3 is 2.37 bits per heavy atom. The van der Waals surface area contributed by atoms with E-state index in [9.17, 15) is 4.79 Å². The summed E-state index contributed by atoms with van der Waals surface area (Å²) in [6.45, 7) is 2.14. The first kappa shape index (κ1) is 17.7. The molecule has 1 aromatic carbocycles.